The van der Waals surface area contributed by atoms with Gasteiger partial charge < -0.3 is 20.9 Å². The summed E-state index contributed by atoms with van der Waals surface area (Å²) in [5.41, 5.74) is 5.40. The molecular weight excluding hydrogens is 292 g/mol. The van der Waals surface area contributed by atoms with Crippen molar-refractivity contribution in [1.82, 2.24) is 5.32 Å². The van der Waals surface area contributed by atoms with E-state index in [0.29, 0.717) is 17.6 Å². The first kappa shape index (κ1) is 17.2. The van der Waals surface area contributed by atoms with Crippen molar-refractivity contribution in [2.24, 2.45) is 5.73 Å². The zero-order valence-electron chi connectivity index (χ0n) is 11.7. The highest BCUT2D eigenvalue weighted by molar-refractivity contribution is 5.88. The van der Waals surface area contributed by atoms with E-state index in [9.17, 15) is 19.2 Å². The number of aliphatic carboxylic acids is 1. The van der Waals surface area contributed by atoms with Gasteiger partial charge in [0.15, 0.2) is 0 Å². The molecule has 0 fully saturated rings. The fourth-order valence-corrected chi connectivity index (χ4v) is 1.57. The molecule has 0 heterocycles. The van der Waals surface area contributed by atoms with Crippen LogP contribution in [-0.4, -0.2) is 41.8 Å². The third-order valence-electron chi connectivity index (χ3n) is 2.65. The van der Waals surface area contributed by atoms with Gasteiger partial charge in [0.25, 0.3) is 0 Å². The number of carboxylic acid groups (broad SMARTS) is 1. The molecule has 8 heteroatoms. The van der Waals surface area contributed by atoms with Crippen LogP contribution in [0.1, 0.15) is 23.2 Å². The Bertz CT molecular complexity index is 555. The number of carbonyl (C=O) groups is 4. The number of rotatable bonds is 9. The van der Waals surface area contributed by atoms with Crippen LogP contribution in [0.25, 0.3) is 0 Å². The summed E-state index contributed by atoms with van der Waals surface area (Å²) in [5, 5.41) is 11.0. The van der Waals surface area contributed by atoms with Crippen LogP contribution in [0.5, 0.6) is 5.75 Å². The molecule has 0 aliphatic heterocycles. The van der Waals surface area contributed by atoms with Gasteiger partial charge >= 0.3 is 5.97 Å². The van der Waals surface area contributed by atoms with E-state index in [1.54, 1.807) is 24.3 Å². The smallest absolute Gasteiger partial charge is 0.326 e. The summed E-state index contributed by atoms with van der Waals surface area (Å²) in [5.74, 6) is -2.25. The van der Waals surface area contributed by atoms with E-state index in [2.05, 4.69) is 5.32 Å². The summed E-state index contributed by atoms with van der Waals surface area (Å²) in [6.07, 6.45) is 0.134. The molecule has 4 N–H and O–H groups in total. The Labute approximate surface area is 126 Å². The predicted octanol–water partition coefficient (Wildman–Crippen LogP) is -0.287. The topological polar surface area (TPSA) is 136 Å². The number of nitrogens with one attached hydrogen (secondary N) is 1. The van der Waals surface area contributed by atoms with Crippen molar-refractivity contribution in [2.75, 3.05) is 6.61 Å². The number of hydrogen-bond acceptors (Lipinski definition) is 5. The van der Waals surface area contributed by atoms with Crippen molar-refractivity contribution in [3.8, 4) is 5.75 Å². The maximum atomic E-state index is 11.6. The van der Waals surface area contributed by atoms with Gasteiger partial charge in [-0.3, -0.25) is 14.4 Å². The zero-order chi connectivity index (χ0) is 16.5. The fraction of sp³-hybridized carbons (Fsp3) is 0.286. The van der Waals surface area contributed by atoms with Crippen LogP contribution in [-0.2, 0) is 14.4 Å². The van der Waals surface area contributed by atoms with E-state index in [0.717, 1.165) is 0 Å². The zero-order valence-corrected chi connectivity index (χ0v) is 11.7. The van der Waals surface area contributed by atoms with Gasteiger partial charge in [0, 0.05) is 5.56 Å². The molecule has 0 saturated heterocycles. The largest absolute Gasteiger partial charge is 0.493 e. The molecule has 0 saturated carbocycles. The molecular formula is C14H16N2O6. The second-order valence-electron chi connectivity index (χ2n) is 4.41. The molecule has 22 heavy (non-hydrogen) atoms. The van der Waals surface area contributed by atoms with Crippen molar-refractivity contribution in [1.29, 1.82) is 0 Å². The highest BCUT2D eigenvalue weighted by atomic mass is 16.5. The average Bonchev–Trinajstić information content (AvgIpc) is 2.46. The van der Waals surface area contributed by atoms with E-state index < -0.39 is 30.2 Å². The molecule has 1 aromatic carbocycles. The SMILES string of the molecule is NC(=O)CC(NC(=O)CCOc1ccc(C=O)cc1)C(=O)O. The molecule has 2 amide bonds. The molecule has 0 bridgehead atoms. The van der Waals surface area contributed by atoms with Gasteiger partial charge in [0.2, 0.25) is 11.8 Å². The second kappa shape index (κ2) is 8.40. The number of ether oxygens (including phenoxy) is 1. The molecule has 118 valence electrons. The number of benzene rings is 1. The minimum Gasteiger partial charge on any atom is -0.493 e. The van der Waals surface area contributed by atoms with Crippen LogP contribution in [0, 0.1) is 0 Å². The van der Waals surface area contributed by atoms with Crippen LogP contribution in [0.3, 0.4) is 0 Å². The number of carboxylic acids is 1. The average molecular weight is 308 g/mol. The van der Waals surface area contributed by atoms with Gasteiger partial charge in [-0.25, -0.2) is 4.79 Å². The van der Waals surface area contributed by atoms with E-state index in [1.807, 2.05) is 0 Å². The molecule has 0 spiro atoms. The monoisotopic (exact) mass is 308 g/mol. The Balaban J connectivity index is 2.39. The summed E-state index contributed by atoms with van der Waals surface area (Å²) < 4.78 is 5.28. The van der Waals surface area contributed by atoms with E-state index in [-0.39, 0.29) is 13.0 Å². The first-order chi connectivity index (χ1) is 10.4. The van der Waals surface area contributed by atoms with E-state index in [1.165, 1.54) is 0 Å². The van der Waals surface area contributed by atoms with Gasteiger partial charge in [-0.15, -0.1) is 0 Å². The third-order valence-corrected chi connectivity index (χ3v) is 2.65. The lowest BCUT2D eigenvalue weighted by molar-refractivity contribution is -0.143. The fourth-order valence-electron chi connectivity index (χ4n) is 1.57. The highest BCUT2D eigenvalue weighted by Crippen LogP contribution is 2.11. The molecule has 0 aliphatic rings. The number of aldehydes is 1. The van der Waals surface area contributed by atoms with Crippen molar-refractivity contribution in [2.45, 2.75) is 18.9 Å². The highest BCUT2D eigenvalue weighted by Gasteiger charge is 2.21. The molecule has 1 atom stereocenters. The standard InChI is InChI=1S/C14H16N2O6/c15-12(18)7-11(14(20)21)16-13(19)5-6-22-10-3-1-9(8-17)2-4-10/h1-4,8,11H,5-7H2,(H2,15,18)(H,16,19)(H,20,21). The maximum absolute atomic E-state index is 11.6. The quantitative estimate of drug-likeness (QED) is 0.536. The normalized spacial score (nSPS) is 11.3. The summed E-state index contributed by atoms with van der Waals surface area (Å²) in [6, 6.07) is 4.94. The van der Waals surface area contributed by atoms with Crippen molar-refractivity contribution < 1.29 is 29.0 Å². The Morgan fingerprint density at radius 2 is 1.91 bits per heavy atom. The van der Waals surface area contributed by atoms with Crippen molar-refractivity contribution >= 4 is 24.1 Å². The minimum absolute atomic E-state index is 0.0230. The third kappa shape index (κ3) is 6.04. The Kier molecular flexibility index (Phi) is 6.55. The Morgan fingerprint density at radius 1 is 1.27 bits per heavy atom. The van der Waals surface area contributed by atoms with Crippen molar-refractivity contribution in [3.05, 3.63) is 29.8 Å². The first-order valence-corrected chi connectivity index (χ1v) is 6.41. The molecule has 0 radical (unpaired) electrons. The Morgan fingerprint density at radius 3 is 2.41 bits per heavy atom. The minimum atomic E-state index is -1.35. The van der Waals surface area contributed by atoms with Crippen LogP contribution in [0.15, 0.2) is 24.3 Å². The number of nitrogens with two attached hydrogens (primary N) is 1. The number of primary amides is 1. The summed E-state index contributed by atoms with van der Waals surface area (Å²) in [6.45, 7) is 0.0230. The summed E-state index contributed by atoms with van der Waals surface area (Å²) in [4.78, 5) is 43.6. The number of hydrogen-bond donors (Lipinski definition) is 3. The lowest BCUT2D eigenvalue weighted by Gasteiger charge is -2.13. The lowest BCUT2D eigenvalue weighted by atomic mass is 10.2. The van der Waals surface area contributed by atoms with Crippen molar-refractivity contribution in [3.63, 3.8) is 0 Å². The van der Waals surface area contributed by atoms with Crippen LogP contribution >= 0.6 is 0 Å². The Hall–Kier alpha value is -2.90. The second-order valence-corrected chi connectivity index (χ2v) is 4.41. The van der Waals surface area contributed by atoms with Gasteiger partial charge in [0.1, 0.15) is 18.1 Å². The molecule has 1 aromatic rings. The predicted molar refractivity (Wildman–Crippen MR) is 75.3 cm³/mol. The number of amides is 2. The van der Waals surface area contributed by atoms with Gasteiger partial charge in [-0.2, -0.15) is 0 Å². The van der Waals surface area contributed by atoms with Crippen LogP contribution in [0.2, 0.25) is 0 Å². The summed E-state index contributed by atoms with van der Waals surface area (Å²) >= 11 is 0. The van der Waals surface area contributed by atoms with Crippen LogP contribution < -0.4 is 15.8 Å². The first-order valence-electron chi connectivity index (χ1n) is 6.41. The van der Waals surface area contributed by atoms with Gasteiger partial charge in [-0.1, -0.05) is 0 Å². The van der Waals surface area contributed by atoms with Gasteiger partial charge in [0.05, 0.1) is 19.4 Å². The molecule has 8 nitrogen and oxygen atoms in total. The van der Waals surface area contributed by atoms with Crippen LogP contribution in [0.4, 0.5) is 0 Å². The van der Waals surface area contributed by atoms with E-state index in [4.69, 9.17) is 15.6 Å². The molecule has 0 aliphatic carbocycles. The van der Waals surface area contributed by atoms with E-state index >= 15 is 0 Å². The molecule has 0 aromatic heterocycles. The lowest BCUT2D eigenvalue weighted by Crippen LogP contribution is -2.43. The molecule has 1 rings (SSSR count). The summed E-state index contributed by atoms with van der Waals surface area (Å²) in [7, 11) is 0. The molecule has 1 unspecified atom stereocenters. The van der Waals surface area contributed by atoms with Gasteiger partial charge in [-0.05, 0) is 24.3 Å². The number of carbonyl (C=O) groups excluding carboxylic acids is 3. The maximum Gasteiger partial charge on any atom is 0.326 e.